The summed E-state index contributed by atoms with van der Waals surface area (Å²) in [6.45, 7) is 0.137. The molecular weight excluding hydrogens is 565 g/mol. The molecule has 8 nitrogen and oxygen atoms in total. The van der Waals surface area contributed by atoms with Crippen LogP contribution in [0.2, 0.25) is 10.0 Å². The number of halogens is 2. The van der Waals surface area contributed by atoms with Crippen molar-refractivity contribution < 1.29 is 19.1 Å². The maximum Gasteiger partial charge on any atom is 0.335 e. The van der Waals surface area contributed by atoms with Crippen LogP contribution in [0.25, 0.3) is 33.5 Å². The molecule has 0 aliphatic heterocycles. The highest BCUT2D eigenvalue weighted by molar-refractivity contribution is 6.32. The molecule has 1 N–H and O–H groups in total. The van der Waals surface area contributed by atoms with Crippen molar-refractivity contribution in [2.75, 3.05) is 0 Å². The van der Waals surface area contributed by atoms with Gasteiger partial charge in [0.15, 0.2) is 5.76 Å². The Morgan fingerprint density at radius 1 is 1.00 bits per heavy atom. The average Bonchev–Trinajstić information content (AvgIpc) is 3.39. The fraction of sp³-hybridized carbons (Fsp3) is 0.0323. The van der Waals surface area contributed by atoms with Gasteiger partial charge in [-0.1, -0.05) is 47.5 Å². The van der Waals surface area contributed by atoms with Gasteiger partial charge in [0.25, 0.3) is 5.56 Å². The fourth-order valence-electron chi connectivity index (χ4n) is 4.31. The molecule has 10 heteroatoms. The highest BCUT2D eigenvalue weighted by atomic mass is 35.5. The molecule has 0 fully saturated rings. The zero-order chi connectivity index (χ0) is 28.5. The molecule has 2 heterocycles. The van der Waals surface area contributed by atoms with E-state index in [9.17, 15) is 14.7 Å². The molecule has 0 aliphatic rings. The van der Waals surface area contributed by atoms with E-state index in [2.05, 4.69) is 10.1 Å². The van der Waals surface area contributed by atoms with Gasteiger partial charge >= 0.3 is 5.97 Å². The molecule has 0 bridgehead atoms. The lowest BCUT2D eigenvalue weighted by Gasteiger charge is -2.10. The van der Waals surface area contributed by atoms with Crippen molar-refractivity contribution in [1.29, 1.82) is 0 Å². The van der Waals surface area contributed by atoms with E-state index in [0.29, 0.717) is 49.2 Å². The molecule has 2 aromatic heterocycles. The number of carbonyl (C=O) groups is 1. The Kier molecular flexibility index (Phi) is 7.01. The third kappa shape index (κ3) is 5.43. The number of aromatic nitrogens is 2. The number of carboxylic acids is 1. The largest absolute Gasteiger partial charge is 0.487 e. The molecule has 0 radical (unpaired) electrons. The normalized spacial score (nSPS) is 11.5. The molecule has 41 heavy (non-hydrogen) atoms. The Balaban J connectivity index is 1.32. The Morgan fingerprint density at radius 2 is 1.85 bits per heavy atom. The van der Waals surface area contributed by atoms with E-state index in [1.807, 2.05) is 0 Å². The van der Waals surface area contributed by atoms with Gasteiger partial charge in [0.1, 0.15) is 17.9 Å². The van der Waals surface area contributed by atoms with Crippen molar-refractivity contribution in [3.8, 4) is 17.3 Å². The molecule has 202 valence electrons. The van der Waals surface area contributed by atoms with Gasteiger partial charge in [-0.3, -0.25) is 4.79 Å². The first-order chi connectivity index (χ1) is 19.9. The zero-order valence-electron chi connectivity index (χ0n) is 21.1. The zero-order valence-corrected chi connectivity index (χ0v) is 22.6. The highest BCUT2D eigenvalue weighted by Crippen LogP contribution is 2.29. The van der Waals surface area contributed by atoms with Gasteiger partial charge in [-0.05, 0) is 77.9 Å². The number of para-hydroxylation sites is 1. The standard InChI is InChI=1S/C31H19Cl2N3O5/c32-22-9-11-26-21(14-22)15-28(41-26)29-35-25-7-2-1-6-23(25)30(37)36(29)34-16-18-8-10-27(24(33)13-18)40-17-19-4-3-5-20(12-19)31(38)39/h1-16H,17H2,(H,38,39). The summed E-state index contributed by atoms with van der Waals surface area (Å²) < 4.78 is 13.0. The number of carboxylic acid groups (broad SMARTS) is 1. The fourth-order valence-corrected chi connectivity index (χ4v) is 4.73. The van der Waals surface area contributed by atoms with Crippen LogP contribution in [0.4, 0.5) is 0 Å². The summed E-state index contributed by atoms with van der Waals surface area (Å²) in [7, 11) is 0. The van der Waals surface area contributed by atoms with Gasteiger partial charge in [-0.15, -0.1) is 0 Å². The maximum absolute atomic E-state index is 13.5. The van der Waals surface area contributed by atoms with Crippen LogP contribution in [-0.4, -0.2) is 27.0 Å². The summed E-state index contributed by atoms with van der Waals surface area (Å²) in [6, 6.07) is 25.6. The molecule has 0 unspecified atom stereocenters. The van der Waals surface area contributed by atoms with Crippen LogP contribution in [0.5, 0.6) is 5.75 Å². The molecule has 4 aromatic carbocycles. The van der Waals surface area contributed by atoms with Crippen molar-refractivity contribution in [2.45, 2.75) is 6.61 Å². The second-order valence-corrected chi connectivity index (χ2v) is 9.93. The summed E-state index contributed by atoms with van der Waals surface area (Å²) in [5.41, 5.74) is 2.21. The van der Waals surface area contributed by atoms with Gasteiger partial charge in [-0.25, -0.2) is 9.78 Å². The number of fused-ring (bicyclic) bond motifs is 2. The predicted octanol–water partition coefficient (Wildman–Crippen LogP) is 7.28. The van der Waals surface area contributed by atoms with Gasteiger partial charge in [0.2, 0.25) is 5.82 Å². The van der Waals surface area contributed by atoms with E-state index < -0.39 is 5.97 Å². The minimum Gasteiger partial charge on any atom is -0.487 e. The number of hydrogen-bond acceptors (Lipinski definition) is 6. The molecule has 0 spiro atoms. The van der Waals surface area contributed by atoms with E-state index in [1.165, 1.54) is 17.0 Å². The molecule has 6 aromatic rings. The van der Waals surface area contributed by atoms with E-state index in [0.717, 1.165) is 5.39 Å². The summed E-state index contributed by atoms with van der Waals surface area (Å²) in [6.07, 6.45) is 1.49. The molecule has 0 aliphatic carbocycles. The van der Waals surface area contributed by atoms with Gasteiger partial charge in [0.05, 0.1) is 27.7 Å². The van der Waals surface area contributed by atoms with Crippen molar-refractivity contribution in [3.63, 3.8) is 0 Å². The van der Waals surface area contributed by atoms with E-state index in [1.54, 1.807) is 84.9 Å². The van der Waals surface area contributed by atoms with Crippen LogP contribution in [-0.2, 0) is 6.61 Å². The summed E-state index contributed by atoms with van der Waals surface area (Å²) in [5.74, 6) is -0.0132. The number of benzene rings is 4. The molecule has 0 saturated carbocycles. The Hall–Kier alpha value is -4.92. The monoisotopic (exact) mass is 583 g/mol. The third-order valence-corrected chi connectivity index (χ3v) is 6.83. The van der Waals surface area contributed by atoms with Crippen LogP contribution in [0.3, 0.4) is 0 Å². The van der Waals surface area contributed by atoms with Crippen LogP contribution in [0.15, 0.2) is 105 Å². The van der Waals surface area contributed by atoms with Crippen molar-refractivity contribution in [1.82, 2.24) is 9.66 Å². The number of furan rings is 1. The maximum atomic E-state index is 13.5. The van der Waals surface area contributed by atoms with E-state index in [-0.39, 0.29) is 23.6 Å². The summed E-state index contributed by atoms with van der Waals surface area (Å²) in [5, 5.41) is 15.7. The highest BCUT2D eigenvalue weighted by Gasteiger charge is 2.17. The molecule has 6 rings (SSSR count). The lowest BCUT2D eigenvalue weighted by Crippen LogP contribution is -2.20. The second-order valence-electron chi connectivity index (χ2n) is 9.09. The second kappa shape index (κ2) is 10.9. The van der Waals surface area contributed by atoms with Gasteiger partial charge < -0.3 is 14.3 Å². The minimum atomic E-state index is -1.01. The van der Waals surface area contributed by atoms with E-state index >= 15 is 0 Å². The Morgan fingerprint density at radius 3 is 2.68 bits per heavy atom. The first kappa shape index (κ1) is 26.3. The molecule has 0 saturated heterocycles. The Bertz CT molecular complexity index is 2050. The van der Waals surface area contributed by atoms with Gasteiger partial charge in [-0.2, -0.15) is 9.78 Å². The van der Waals surface area contributed by atoms with Crippen LogP contribution in [0.1, 0.15) is 21.5 Å². The first-order valence-corrected chi connectivity index (χ1v) is 13.1. The van der Waals surface area contributed by atoms with E-state index in [4.69, 9.17) is 32.4 Å². The topological polar surface area (TPSA) is 107 Å². The summed E-state index contributed by atoms with van der Waals surface area (Å²) in [4.78, 5) is 29.4. The van der Waals surface area contributed by atoms with Crippen LogP contribution < -0.4 is 10.3 Å². The smallest absolute Gasteiger partial charge is 0.335 e. The molecule has 0 amide bonds. The lowest BCUT2D eigenvalue weighted by molar-refractivity contribution is 0.0696. The number of ether oxygens (including phenoxy) is 1. The van der Waals surface area contributed by atoms with Crippen molar-refractivity contribution >= 4 is 57.3 Å². The van der Waals surface area contributed by atoms with Crippen LogP contribution in [0, 0.1) is 0 Å². The minimum absolute atomic E-state index is 0.137. The number of rotatable bonds is 7. The van der Waals surface area contributed by atoms with Gasteiger partial charge in [0, 0.05) is 10.4 Å². The first-order valence-electron chi connectivity index (χ1n) is 12.4. The molecular formula is C31H19Cl2N3O5. The number of nitrogens with zero attached hydrogens (tertiary/aromatic N) is 3. The summed E-state index contributed by atoms with van der Waals surface area (Å²) >= 11 is 12.6. The molecule has 0 atom stereocenters. The predicted molar refractivity (Wildman–Crippen MR) is 158 cm³/mol. The lowest BCUT2D eigenvalue weighted by atomic mass is 10.1. The number of aromatic carboxylic acids is 1. The Labute approximate surface area is 242 Å². The van der Waals surface area contributed by atoms with Crippen molar-refractivity contribution in [3.05, 3.63) is 128 Å². The van der Waals surface area contributed by atoms with Crippen LogP contribution >= 0.6 is 23.2 Å². The third-order valence-electron chi connectivity index (χ3n) is 6.30. The van der Waals surface area contributed by atoms with Crippen molar-refractivity contribution in [2.24, 2.45) is 5.10 Å². The number of hydrogen-bond donors (Lipinski definition) is 1. The quantitative estimate of drug-likeness (QED) is 0.198. The average molecular weight is 584 g/mol. The SMILES string of the molecule is O=C(O)c1cccc(COc2ccc(C=Nn3c(-c4cc5cc(Cl)ccc5o4)nc4ccccc4c3=O)cc2Cl)c1.